The molecule has 0 aromatic heterocycles. The SMILES string of the molecule is C=C(C(=O)O)C(CCC)C(=O)O. The van der Waals surface area contributed by atoms with Gasteiger partial charge in [-0.05, 0) is 6.42 Å². The Morgan fingerprint density at radius 2 is 1.92 bits per heavy atom. The van der Waals surface area contributed by atoms with Crippen molar-refractivity contribution in [1.29, 1.82) is 0 Å². The standard InChI is InChI=1S/C8H12O4/c1-3-4-6(8(11)12)5(2)7(9)10/h6H,2-4H2,1H3,(H,9,10)(H,11,12). The third-order valence-corrected chi connectivity index (χ3v) is 1.57. The van der Waals surface area contributed by atoms with Crippen molar-refractivity contribution in [3.8, 4) is 0 Å². The summed E-state index contributed by atoms with van der Waals surface area (Å²) in [6.45, 7) is 5.01. The molecule has 0 aliphatic carbocycles. The second-order valence-electron chi connectivity index (χ2n) is 2.51. The average Bonchev–Trinajstić information content (AvgIpc) is 1.98. The molecule has 0 amide bonds. The first-order valence-corrected chi connectivity index (χ1v) is 3.65. The molecule has 0 saturated heterocycles. The van der Waals surface area contributed by atoms with E-state index in [2.05, 4.69) is 6.58 Å². The summed E-state index contributed by atoms with van der Waals surface area (Å²) < 4.78 is 0. The van der Waals surface area contributed by atoms with Crippen LogP contribution in [0.15, 0.2) is 12.2 Å². The normalized spacial score (nSPS) is 12.1. The van der Waals surface area contributed by atoms with Crippen LogP contribution in [0.1, 0.15) is 19.8 Å². The second kappa shape index (κ2) is 4.54. The highest BCUT2D eigenvalue weighted by Crippen LogP contribution is 2.15. The zero-order chi connectivity index (χ0) is 9.72. The van der Waals surface area contributed by atoms with Crippen LogP contribution < -0.4 is 0 Å². The van der Waals surface area contributed by atoms with Crippen molar-refractivity contribution < 1.29 is 19.8 Å². The van der Waals surface area contributed by atoms with Crippen LogP contribution in [0.25, 0.3) is 0 Å². The average molecular weight is 172 g/mol. The van der Waals surface area contributed by atoms with Gasteiger partial charge in [0.15, 0.2) is 0 Å². The lowest BCUT2D eigenvalue weighted by Crippen LogP contribution is -2.20. The Bertz CT molecular complexity index is 207. The molecule has 0 aromatic carbocycles. The van der Waals surface area contributed by atoms with Crippen molar-refractivity contribution in [1.82, 2.24) is 0 Å². The van der Waals surface area contributed by atoms with E-state index in [-0.39, 0.29) is 5.57 Å². The van der Waals surface area contributed by atoms with E-state index in [1.54, 1.807) is 6.92 Å². The van der Waals surface area contributed by atoms with Gasteiger partial charge in [0.05, 0.1) is 5.92 Å². The lowest BCUT2D eigenvalue weighted by Gasteiger charge is -2.09. The minimum absolute atomic E-state index is 0.246. The monoisotopic (exact) mass is 172 g/mol. The Morgan fingerprint density at radius 1 is 1.42 bits per heavy atom. The third-order valence-electron chi connectivity index (χ3n) is 1.57. The molecule has 68 valence electrons. The predicted molar refractivity (Wildman–Crippen MR) is 42.8 cm³/mol. The Morgan fingerprint density at radius 3 is 2.17 bits per heavy atom. The lowest BCUT2D eigenvalue weighted by molar-refractivity contribution is -0.144. The molecule has 0 aliphatic heterocycles. The smallest absolute Gasteiger partial charge is 0.331 e. The van der Waals surface area contributed by atoms with Gasteiger partial charge in [-0.15, -0.1) is 0 Å². The van der Waals surface area contributed by atoms with E-state index in [1.165, 1.54) is 0 Å². The summed E-state index contributed by atoms with van der Waals surface area (Å²) >= 11 is 0. The summed E-state index contributed by atoms with van der Waals surface area (Å²) in [6, 6.07) is 0. The van der Waals surface area contributed by atoms with Crippen molar-refractivity contribution in [2.24, 2.45) is 5.92 Å². The fourth-order valence-electron chi connectivity index (χ4n) is 0.884. The molecule has 0 rings (SSSR count). The Hall–Kier alpha value is -1.32. The summed E-state index contributed by atoms with van der Waals surface area (Å²) in [4.78, 5) is 20.9. The molecule has 4 nitrogen and oxygen atoms in total. The van der Waals surface area contributed by atoms with Gasteiger partial charge in [-0.25, -0.2) is 4.79 Å². The molecule has 12 heavy (non-hydrogen) atoms. The van der Waals surface area contributed by atoms with Crippen molar-refractivity contribution in [2.75, 3.05) is 0 Å². The molecular weight excluding hydrogens is 160 g/mol. The number of carboxylic acids is 2. The van der Waals surface area contributed by atoms with Gasteiger partial charge in [0.25, 0.3) is 0 Å². The topological polar surface area (TPSA) is 74.6 Å². The highest BCUT2D eigenvalue weighted by molar-refractivity contribution is 5.93. The fraction of sp³-hybridized carbons (Fsp3) is 0.500. The van der Waals surface area contributed by atoms with Gasteiger partial charge in [-0.3, -0.25) is 4.79 Å². The van der Waals surface area contributed by atoms with Crippen LogP contribution in [0.3, 0.4) is 0 Å². The molecule has 4 heteroatoms. The summed E-state index contributed by atoms with van der Waals surface area (Å²) in [5.74, 6) is -3.31. The van der Waals surface area contributed by atoms with Crippen molar-refractivity contribution >= 4 is 11.9 Å². The summed E-state index contributed by atoms with van der Waals surface area (Å²) in [5, 5.41) is 17.1. The quantitative estimate of drug-likeness (QED) is 0.609. The highest BCUT2D eigenvalue weighted by atomic mass is 16.4. The van der Waals surface area contributed by atoms with E-state index in [1.807, 2.05) is 0 Å². The zero-order valence-corrected chi connectivity index (χ0v) is 6.91. The zero-order valence-electron chi connectivity index (χ0n) is 6.91. The summed E-state index contributed by atoms with van der Waals surface area (Å²) in [7, 11) is 0. The number of hydrogen-bond donors (Lipinski definition) is 2. The second-order valence-corrected chi connectivity index (χ2v) is 2.51. The van der Waals surface area contributed by atoms with E-state index in [0.717, 1.165) is 0 Å². The lowest BCUT2D eigenvalue weighted by atomic mass is 9.96. The number of carbonyl (C=O) groups is 2. The van der Waals surface area contributed by atoms with E-state index in [9.17, 15) is 9.59 Å². The fourth-order valence-corrected chi connectivity index (χ4v) is 0.884. The maximum Gasteiger partial charge on any atom is 0.331 e. The molecule has 0 fully saturated rings. The molecule has 0 saturated carbocycles. The van der Waals surface area contributed by atoms with E-state index < -0.39 is 17.9 Å². The van der Waals surface area contributed by atoms with Crippen LogP contribution in [0.4, 0.5) is 0 Å². The third kappa shape index (κ3) is 2.74. The van der Waals surface area contributed by atoms with Gasteiger partial charge < -0.3 is 10.2 Å². The van der Waals surface area contributed by atoms with Crippen molar-refractivity contribution in [3.05, 3.63) is 12.2 Å². The van der Waals surface area contributed by atoms with Gasteiger partial charge >= 0.3 is 11.9 Å². The maximum atomic E-state index is 10.5. The molecule has 0 heterocycles. The van der Waals surface area contributed by atoms with Crippen LogP contribution in [-0.4, -0.2) is 22.2 Å². The van der Waals surface area contributed by atoms with Crippen LogP contribution in [-0.2, 0) is 9.59 Å². The minimum Gasteiger partial charge on any atom is -0.481 e. The molecule has 1 unspecified atom stereocenters. The molecule has 0 spiro atoms. The Labute approximate surface area is 70.5 Å². The molecule has 0 radical (unpaired) electrons. The van der Waals surface area contributed by atoms with Crippen molar-refractivity contribution in [3.63, 3.8) is 0 Å². The first-order chi connectivity index (χ1) is 5.50. The maximum absolute atomic E-state index is 10.5. The van der Waals surface area contributed by atoms with E-state index in [4.69, 9.17) is 10.2 Å². The van der Waals surface area contributed by atoms with Gasteiger partial charge in [0.2, 0.25) is 0 Å². The summed E-state index contributed by atoms with van der Waals surface area (Å²) in [5.41, 5.74) is -0.246. The molecular formula is C8H12O4. The molecule has 0 aromatic rings. The molecule has 0 aliphatic rings. The first-order valence-electron chi connectivity index (χ1n) is 3.65. The van der Waals surface area contributed by atoms with Gasteiger partial charge in [-0.1, -0.05) is 19.9 Å². The molecule has 1 atom stereocenters. The Kier molecular flexibility index (Phi) is 4.04. The van der Waals surface area contributed by atoms with Crippen molar-refractivity contribution in [2.45, 2.75) is 19.8 Å². The van der Waals surface area contributed by atoms with E-state index >= 15 is 0 Å². The van der Waals surface area contributed by atoms with Crippen LogP contribution >= 0.6 is 0 Å². The number of rotatable bonds is 5. The predicted octanol–water partition coefficient (Wildman–Crippen LogP) is 1.13. The van der Waals surface area contributed by atoms with Gasteiger partial charge in [-0.2, -0.15) is 0 Å². The highest BCUT2D eigenvalue weighted by Gasteiger charge is 2.24. The molecule has 0 bridgehead atoms. The minimum atomic E-state index is -1.24. The van der Waals surface area contributed by atoms with Gasteiger partial charge in [0, 0.05) is 5.57 Å². The largest absolute Gasteiger partial charge is 0.481 e. The number of hydrogen-bond acceptors (Lipinski definition) is 2. The van der Waals surface area contributed by atoms with Crippen LogP contribution in [0.2, 0.25) is 0 Å². The molecule has 2 N–H and O–H groups in total. The first kappa shape index (κ1) is 10.7. The van der Waals surface area contributed by atoms with Crippen LogP contribution in [0, 0.1) is 5.92 Å². The number of aliphatic carboxylic acids is 2. The van der Waals surface area contributed by atoms with E-state index in [0.29, 0.717) is 12.8 Å². The Balaban J connectivity index is 4.40. The number of carboxylic acid groups (broad SMARTS) is 2. The van der Waals surface area contributed by atoms with Crippen LogP contribution in [0.5, 0.6) is 0 Å². The van der Waals surface area contributed by atoms with Gasteiger partial charge in [0.1, 0.15) is 0 Å². The summed E-state index contributed by atoms with van der Waals surface area (Å²) in [6.07, 6.45) is 0.948.